The van der Waals surface area contributed by atoms with Crippen molar-refractivity contribution < 1.29 is 37.6 Å². The van der Waals surface area contributed by atoms with Crippen LogP contribution in [0, 0.1) is 0 Å². The van der Waals surface area contributed by atoms with Crippen LogP contribution in [0.4, 0.5) is 0 Å². The average Bonchev–Trinajstić information content (AvgIpc) is 2.78. The standard InChI is InChI=1S/C26H54NO7P/c1-5-6-7-8-9-10-11-12-13-14-15-16-17-18-19-20-26(29)34-25(23-28)24-33-35(30,31)32-22-21-27(2,3)4/h25,28H,5-24H2,1-4H3/p+1. The lowest BCUT2D eigenvalue weighted by Crippen LogP contribution is -2.37. The lowest BCUT2D eigenvalue weighted by Gasteiger charge is -2.24. The van der Waals surface area contributed by atoms with Gasteiger partial charge in [-0.2, -0.15) is 0 Å². The summed E-state index contributed by atoms with van der Waals surface area (Å²) in [6.07, 6.45) is 18.1. The second-order valence-corrected chi connectivity index (χ2v) is 12.1. The molecule has 0 aliphatic rings. The van der Waals surface area contributed by atoms with Crippen LogP contribution < -0.4 is 0 Å². The van der Waals surface area contributed by atoms with E-state index in [1.165, 1.54) is 77.0 Å². The van der Waals surface area contributed by atoms with Crippen molar-refractivity contribution in [1.29, 1.82) is 0 Å². The molecule has 0 aromatic carbocycles. The predicted octanol–water partition coefficient (Wildman–Crippen LogP) is 5.99. The maximum atomic E-state index is 12.0. The van der Waals surface area contributed by atoms with Crippen molar-refractivity contribution in [2.45, 2.75) is 116 Å². The SMILES string of the molecule is CCCCCCCCCCCCCCCCCC(=O)OC(CO)COP(=O)(O)OCC[N+](C)(C)C. The van der Waals surface area contributed by atoms with E-state index in [9.17, 15) is 19.4 Å². The van der Waals surface area contributed by atoms with Gasteiger partial charge in [0.1, 0.15) is 19.3 Å². The zero-order chi connectivity index (χ0) is 26.4. The summed E-state index contributed by atoms with van der Waals surface area (Å²) in [6, 6.07) is 0. The molecule has 0 aromatic heterocycles. The molecule has 0 fully saturated rings. The highest BCUT2D eigenvalue weighted by Gasteiger charge is 2.25. The van der Waals surface area contributed by atoms with Crippen molar-refractivity contribution in [2.75, 3.05) is 47.5 Å². The maximum absolute atomic E-state index is 12.0. The van der Waals surface area contributed by atoms with Gasteiger partial charge in [-0.05, 0) is 6.42 Å². The highest BCUT2D eigenvalue weighted by molar-refractivity contribution is 7.47. The first-order chi connectivity index (χ1) is 16.6. The number of hydrogen-bond acceptors (Lipinski definition) is 6. The Morgan fingerprint density at radius 1 is 0.800 bits per heavy atom. The van der Waals surface area contributed by atoms with E-state index >= 15 is 0 Å². The van der Waals surface area contributed by atoms with Gasteiger partial charge < -0.3 is 19.2 Å². The van der Waals surface area contributed by atoms with Gasteiger partial charge in [0.2, 0.25) is 0 Å². The molecule has 0 heterocycles. The number of rotatable bonds is 25. The van der Waals surface area contributed by atoms with Crippen molar-refractivity contribution in [1.82, 2.24) is 0 Å². The summed E-state index contributed by atoms with van der Waals surface area (Å²) in [7, 11) is 1.56. The third-order valence-corrected chi connectivity index (χ3v) is 6.91. The van der Waals surface area contributed by atoms with E-state index in [1.54, 1.807) is 0 Å². The van der Waals surface area contributed by atoms with Crippen LogP contribution in [0.1, 0.15) is 110 Å². The number of phosphoric ester groups is 1. The third kappa shape index (κ3) is 25.0. The highest BCUT2D eigenvalue weighted by Crippen LogP contribution is 2.43. The Bertz CT molecular complexity index is 554. The number of esters is 1. The second-order valence-electron chi connectivity index (χ2n) is 10.6. The molecule has 0 aromatic rings. The Morgan fingerprint density at radius 2 is 1.26 bits per heavy atom. The fourth-order valence-corrected chi connectivity index (χ4v) is 4.40. The first-order valence-corrected chi connectivity index (χ1v) is 15.3. The normalized spacial score (nSPS) is 14.6. The summed E-state index contributed by atoms with van der Waals surface area (Å²) < 4.78 is 27.5. The number of aliphatic hydroxyl groups is 1. The molecule has 0 saturated heterocycles. The van der Waals surface area contributed by atoms with Gasteiger partial charge >= 0.3 is 13.8 Å². The van der Waals surface area contributed by atoms with Crippen LogP contribution in [0.25, 0.3) is 0 Å². The van der Waals surface area contributed by atoms with Crippen LogP contribution >= 0.6 is 7.82 Å². The number of quaternary nitrogens is 1. The number of phosphoric acid groups is 1. The molecule has 0 spiro atoms. The topological polar surface area (TPSA) is 102 Å². The molecule has 35 heavy (non-hydrogen) atoms. The van der Waals surface area contributed by atoms with Gasteiger partial charge in [-0.15, -0.1) is 0 Å². The molecule has 0 bridgehead atoms. The highest BCUT2D eigenvalue weighted by atomic mass is 31.2. The van der Waals surface area contributed by atoms with Crippen molar-refractivity contribution in [3.63, 3.8) is 0 Å². The molecule has 9 heteroatoms. The van der Waals surface area contributed by atoms with Gasteiger partial charge in [0.25, 0.3) is 0 Å². The minimum absolute atomic E-state index is 0.0556. The smallest absolute Gasteiger partial charge is 0.457 e. The molecule has 0 radical (unpaired) electrons. The van der Waals surface area contributed by atoms with Gasteiger partial charge in [-0.25, -0.2) is 4.57 Å². The molecule has 2 unspecified atom stereocenters. The molecule has 0 aliphatic carbocycles. The largest absolute Gasteiger partial charge is 0.472 e. The van der Waals surface area contributed by atoms with E-state index in [-0.39, 0.29) is 19.6 Å². The zero-order valence-electron chi connectivity index (χ0n) is 23.0. The van der Waals surface area contributed by atoms with Gasteiger partial charge in [-0.1, -0.05) is 96.8 Å². The van der Waals surface area contributed by atoms with Crippen molar-refractivity contribution in [3.8, 4) is 0 Å². The van der Waals surface area contributed by atoms with Crippen molar-refractivity contribution in [3.05, 3.63) is 0 Å². The average molecular weight is 525 g/mol. The zero-order valence-corrected chi connectivity index (χ0v) is 23.9. The lowest BCUT2D eigenvalue weighted by molar-refractivity contribution is -0.870. The van der Waals surface area contributed by atoms with E-state index in [2.05, 4.69) is 6.92 Å². The number of likely N-dealkylation sites (N-methyl/N-ethyl adjacent to an activating group) is 1. The van der Waals surface area contributed by atoms with Crippen LogP contribution in [0.15, 0.2) is 0 Å². The Kier molecular flexibility index (Phi) is 21.3. The van der Waals surface area contributed by atoms with Crippen LogP contribution in [0.2, 0.25) is 0 Å². The molecule has 2 N–H and O–H groups in total. The number of hydrogen-bond donors (Lipinski definition) is 2. The van der Waals surface area contributed by atoms with Gasteiger partial charge in [0, 0.05) is 6.42 Å². The minimum atomic E-state index is -4.26. The van der Waals surface area contributed by atoms with Crippen LogP contribution in [-0.4, -0.2) is 74.1 Å². The second kappa shape index (κ2) is 21.6. The Balaban J connectivity index is 3.68. The molecule has 0 saturated carbocycles. The number of carbonyl (C=O) groups is 1. The summed E-state index contributed by atoms with van der Waals surface area (Å²) in [4.78, 5) is 21.7. The predicted molar refractivity (Wildman–Crippen MR) is 141 cm³/mol. The van der Waals surface area contributed by atoms with Gasteiger partial charge in [-0.3, -0.25) is 13.8 Å². The molecule has 0 amide bonds. The number of carbonyl (C=O) groups excluding carboxylic acids is 1. The lowest BCUT2D eigenvalue weighted by atomic mass is 10.0. The number of aliphatic hydroxyl groups excluding tert-OH is 1. The fraction of sp³-hybridized carbons (Fsp3) is 0.962. The first-order valence-electron chi connectivity index (χ1n) is 13.8. The molecule has 0 rings (SSSR count). The van der Waals surface area contributed by atoms with E-state index in [0.717, 1.165) is 19.3 Å². The molecular weight excluding hydrogens is 469 g/mol. The molecule has 2 atom stereocenters. The van der Waals surface area contributed by atoms with E-state index in [4.69, 9.17) is 13.8 Å². The summed E-state index contributed by atoms with van der Waals surface area (Å²) in [6.45, 7) is 1.97. The van der Waals surface area contributed by atoms with Crippen molar-refractivity contribution in [2.24, 2.45) is 0 Å². The summed E-state index contributed by atoms with van der Waals surface area (Å²) >= 11 is 0. The van der Waals surface area contributed by atoms with E-state index in [1.807, 2.05) is 21.1 Å². The van der Waals surface area contributed by atoms with Crippen LogP contribution in [0.3, 0.4) is 0 Å². The van der Waals surface area contributed by atoms with Gasteiger partial charge in [0.05, 0.1) is 34.4 Å². The van der Waals surface area contributed by atoms with E-state index in [0.29, 0.717) is 11.0 Å². The number of unbranched alkanes of at least 4 members (excludes halogenated alkanes) is 14. The third-order valence-electron chi connectivity index (χ3n) is 5.93. The fourth-order valence-electron chi connectivity index (χ4n) is 3.65. The monoisotopic (exact) mass is 524 g/mol. The van der Waals surface area contributed by atoms with Gasteiger partial charge in [0.15, 0.2) is 0 Å². The number of ether oxygens (including phenoxy) is 1. The van der Waals surface area contributed by atoms with E-state index < -0.39 is 26.5 Å². The van der Waals surface area contributed by atoms with Crippen LogP contribution in [-0.2, 0) is 23.1 Å². The van der Waals surface area contributed by atoms with Crippen LogP contribution in [0.5, 0.6) is 0 Å². The molecule has 0 aliphatic heterocycles. The Hall–Kier alpha value is -0.500. The Labute approximate surface area is 214 Å². The van der Waals surface area contributed by atoms with Crippen molar-refractivity contribution >= 4 is 13.8 Å². The summed E-state index contributed by atoms with van der Waals surface area (Å²) in [5.41, 5.74) is 0. The summed E-state index contributed by atoms with van der Waals surface area (Å²) in [5, 5.41) is 9.39. The molecule has 8 nitrogen and oxygen atoms in total. The first kappa shape index (κ1) is 34.5. The minimum Gasteiger partial charge on any atom is -0.457 e. The Morgan fingerprint density at radius 3 is 1.69 bits per heavy atom. The molecule has 210 valence electrons. The quantitative estimate of drug-likeness (QED) is 0.0654. The number of nitrogens with zero attached hydrogens (tertiary/aromatic N) is 1. The maximum Gasteiger partial charge on any atom is 0.472 e. The summed E-state index contributed by atoms with van der Waals surface area (Å²) in [5.74, 6) is -0.430. The molecular formula is C26H55NO7P+.